The number of benzene rings is 1. The van der Waals surface area contributed by atoms with Crippen molar-refractivity contribution in [1.82, 2.24) is 5.32 Å². The molecule has 1 heterocycles. The summed E-state index contributed by atoms with van der Waals surface area (Å²) in [6.45, 7) is 0.632. The van der Waals surface area contributed by atoms with Gasteiger partial charge in [-0.1, -0.05) is 36.8 Å². The SMILES string of the molecule is O=C(O)C1CCCC(C(=O)NC2CCOC2c2ccccc2)C1. The molecular weight excluding hydrogens is 294 g/mol. The predicted molar refractivity (Wildman–Crippen MR) is 84.8 cm³/mol. The fourth-order valence-corrected chi connectivity index (χ4v) is 3.66. The first-order chi connectivity index (χ1) is 11.1. The number of nitrogens with one attached hydrogen (secondary N) is 1. The van der Waals surface area contributed by atoms with Crippen molar-refractivity contribution in [3.8, 4) is 0 Å². The molecule has 2 fully saturated rings. The predicted octanol–water partition coefficient (Wildman–Crippen LogP) is 2.52. The van der Waals surface area contributed by atoms with Crippen LogP contribution in [-0.2, 0) is 14.3 Å². The van der Waals surface area contributed by atoms with Crippen LogP contribution in [0.2, 0.25) is 0 Å². The van der Waals surface area contributed by atoms with Crippen LogP contribution in [0, 0.1) is 11.8 Å². The third-order valence-electron chi connectivity index (χ3n) is 4.94. The first kappa shape index (κ1) is 16.0. The summed E-state index contributed by atoms with van der Waals surface area (Å²) in [6.07, 6.45) is 3.39. The van der Waals surface area contributed by atoms with Crippen molar-refractivity contribution in [2.24, 2.45) is 11.8 Å². The molecule has 2 N–H and O–H groups in total. The van der Waals surface area contributed by atoms with Crippen molar-refractivity contribution < 1.29 is 19.4 Å². The summed E-state index contributed by atoms with van der Waals surface area (Å²) >= 11 is 0. The minimum atomic E-state index is -0.783. The Labute approximate surface area is 136 Å². The number of rotatable bonds is 4. The Morgan fingerprint density at radius 1 is 1.09 bits per heavy atom. The van der Waals surface area contributed by atoms with Crippen LogP contribution in [-0.4, -0.2) is 29.6 Å². The van der Waals surface area contributed by atoms with Gasteiger partial charge in [0.05, 0.1) is 12.0 Å². The summed E-state index contributed by atoms with van der Waals surface area (Å²) in [4.78, 5) is 23.7. The molecule has 2 aliphatic rings. The maximum absolute atomic E-state index is 12.5. The number of carboxylic acids is 1. The monoisotopic (exact) mass is 317 g/mol. The van der Waals surface area contributed by atoms with Gasteiger partial charge < -0.3 is 15.2 Å². The molecule has 4 atom stereocenters. The second kappa shape index (κ2) is 7.13. The zero-order chi connectivity index (χ0) is 16.2. The average Bonchev–Trinajstić information content (AvgIpc) is 3.04. The number of carbonyl (C=O) groups is 2. The highest BCUT2D eigenvalue weighted by Gasteiger charge is 2.35. The molecule has 4 unspecified atom stereocenters. The van der Waals surface area contributed by atoms with E-state index >= 15 is 0 Å². The van der Waals surface area contributed by atoms with E-state index in [-0.39, 0.29) is 29.9 Å². The first-order valence-corrected chi connectivity index (χ1v) is 8.35. The summed E-state index contributed by atoms with van der Waals surface area (Å²) in [7, 11) is 0. The Kier molecular flexibility index (Phi) is 4.96. The Morgan fingerprint density at radius 3 is 2.57 bits per heavy atom. The average molecular weight is 317 g/mol. The first-order valence-electron chi connectivity index (χ1n) is 8.35. The van der Waals surface area contributed by atoms with E-state index in [1.165, 1.54) is 0 Å². The van der Waals surface area contributed by atoms with Gasteiger partial charge >= 0.3 is 5.97 Å². The van der Waals surface area contributed by atoms with Crippen LogP contribution in [0.1, 0.15) is 43.8 Å². The summed E-state index contributed by atoms with van der Waals surface area (Å²) in [5, 5.41) is 12.3. The van der Waals surface area contributed by atoms with Gasteiger partial charge in [0.1, 0.15) is 6.10 Å². The Balaban J connectivity index is 1.62. The molecule has 1 aromatic carbocycles. The fourth-order valence-electron chi connectivity index (χ4n) is 3.66. The molecule has 1 aliphatic carbocycles. The summed E-state index contributed by atoms with van der Waals surface area (Å²) in [5.74, 6) is -1.38. The molecule has 3 rings (SSSR count). The molecule has 1 aromatic rings. The number of carbonyl (C=O) groups excluding carboxylic acids is 1. The van der Waals surface area contributed by atoms with Crippen molar-refractivity contribution in [3.05, 3.63) is 35.9 Å². The Bertz CT molecular complexity index is 559. The molecule has 124 valence electrons. The molecule has 1 saturated heterocycles. The van der Waals surface area contributed by atoms with Gasteiger partial charge in [0.2, 0.25) is 5.91 Å². The standard InChI is InChI=1S/C18H23NO4/c20-17(13-7-4-8-14(11-13)18(21)22)19-15-9-10-23-16(15)12-5-2-1-3-6-12/h1-3,5-6,13-16H,4,7-11H2,(H,19,20)(H,21,22). The largest absolute Gasteiger partial charge is 0.481 e. The quantitative estimate of drug-likeness (QED) is 0.895. The highest BCUT2D eigenvalue weighted by Crippen LogP contribution is 2.32. The number of hydrogen-bond donors (Lipinski definition) is 2. The van der Waals surface area contributed by atoms with Crippen molar-refractivity contribution >= 4 is 11.9 Å². The van der Waals surface area contributed by atoms with Gasteiger partial charge in [-0.05, 0) is 31.2 Å². The van der Waals surface area contributed by atoms with Crippen LogP contribution < -0.4 is 5.32 Å². The lowest BCUT2D eigenvalue weighted by Gasteiger charge is -2.28. The van der Waals surface area contributed by atoms with E-state index in [1.807, 2.05) is 30.3 Å². The van der Waals surface area contributed by atoms with Crippen LogP contribution >= 0.6 is 0 Å². The molecule has 5 nitrogen and oxygen atoms in total. The molecule has 1 saturated carbocycles. The molecule has 0 aromatic heterocycles. The lowest BCUT2D eigenvalue weighted by Crippen LogP contribution is -2.42. The molecular formula is C18H23NO4. The summed E-state index contributed by atoms with van der Waals surface area (Å²) in [6, 6.07) is 9.88. The third kappa shape index (κ3) is 3.72. The molecule has 1 aliphatic heterocycles. The number of aliphatic carboxylic acids is 1. The van der Waals surface area contributed by atoms with E-state index in [1.54, 1.807) is 0 Å². The molecule has 0 spiro atoms. The number of hydrogen-bond acceptors (Lipinski definition) is 3. The Hall–Kier alpha value is -1.88. The topological polar surface area (TPSA) is 75.6 Å². The van der Waals surface area contributed by atoms with Crippen LogP contribution in [0.15, 0.2) is 30.3 Å². The van der Waals surface area contributed by atoms with E-state index < -0.39 is 5.97 Å². The van der Waals surface area contributed by atoms with Crippen LogP contribution in [0.25, 0.3) is 0 Å². The number of ether oxygens (including phenoxy) is 1. The minimum Gasteiger partial charge on any atom is -0.481 e. The van der Waals surface area contributed by atoms with Gasteiger partial charge in [-0.2, -0.15) is 0 Å². The van der Waals surface area contributed by atoms with Gasteiger partial charge in [0, 0.05) is 12.5 Å². The fraction of sp³-hybridized carbons (Fsp3) is 0.556. The van der Waals surface area contributed by atoms with Gasteiger partial charge in [0.15, 0.2) is 0 Å². The second-order valence-electron chi connectivity index (χ2n) is 6.50. The lowest BCUT2D eigenvalue weighted by molar-refractivity contribution is -0.144. The van der Waals surface area contributed by atoms with E-state index in [0.717, 1.165) is 24.8 Å². The maximum atomic E-state index is 12.5. The van der Waals surface area contributed by atoms with E-state index in [4.69, 9.17) is 9.84 Å². The summed E-state index contributed by atoms with van der Waals surface area (Å²) in [5.41, 5.74) is 1.07. The van der Waals surface area contributed by atoms with Crippen molar-refractivity contribution in [2.45, 2.75) is 44.2 Å². The molecule has 0 bridgehead atoms. The van der Waals surface area contributed by atoms with Crippen molar-refractivity contribution in [1.29, 1.82) is 0 Å². The second-order valence-corrected chi connectivity index (χ2v) is 6.50. The smallest absolute Gasteiger partial charge is 0.306 e. The molecule has 23 heavy (non-hydrogen) atoms. The summed E-state index contributed by atoms with van der Waals surface area (Å²) < 4.78 is 5.79. The van der Waals surface area contributed by atoms with E-state index in [0.29, 0.717) is 19.4 Å². The molecule has 1 amide bonds. The third-order valence-corrected chi connectivity index (χ3v) is 4.94. The van der Waals surface area contributed by atoms with Crippen LogP contribution in [0.4, 0.5) is 0 Å². The van der Waals surface area contributed by atoms with E-state index in [9.17, 15) is 9.59 Å². The van der Waals surface area contributed by atoms with E-state index in [2.05, 4.69) is 5.32 Å². The van der Waals surface area contributed by atoms with Gasteiger partial charge in [-0.15, -0.1) is 0 Å². The van der Waals surface area contributed by atoms with Crippen molar-refractivity contribution in [2.75, 3.05) is 6.61 Å². The van der Waals surface area contributed by atoms with Crippen LogP contribution in [0.3, 0.4) is 0 Å². The van der Waals surface area contributed by atoms with Gasteiger partial charge in [0.25, 0.3) is 0 Å². The minimum absolute atomic E-state index is 0.0209. The normalized spacial score (nSPS) is 30.8. The zero-order valence-corrected chi connectivity index (χ0v) is 13.1. The number of carboxylic acid groups (broad SMARTS) is 1. The van der Waals surface area contributed by atoms with Crippen molar-refractivity contribution in [3.63, 3.8) is 0 Å². The zero-order valence-electron chi connectivity index (χ0n) is 13.1. The van der Waals surface area contributed by atoms with Gasteiger partial charge in [-0.25, -0.2) is 0 Å². The molecule has 0 radical (unpaired) electrons. The highest BCUT2D eigenvalue weighted by molar-refractivity contribution is 5.80. The lowest BCUT2D eigenvalue weighted by atomic mass is 9.81. The van der Waals surface area contributed by atoms with Gasteiger partial charge in [-0.3, -0.25) is 9.59 Å². The Morgan fingerprint density at radius 2 is 1.83 bits per heavy atom. The molecule has 5 heteroatoms. The van der Waals surface area contributed by atoms with Crippen LogP contribution in [0.5, 0.6) is 0 Å². The maximum Gasteiger partial charge on any atom is 0.306 e. The highest BCUT2D eigenvalue weighted by atomic mass is 16.5. The number of amides is 1.